The number of methoxy groups -OCH3 is 1. The zero-order valence-corrected chi connectivity index (χ0v) is 23.7. The highest BCUT2D eigenvalue weighted by molar-refractivity contribution is 6.08. The van der Waals surface area contributed by atoms with Crippen LogP contribution in [0.5, 0.6) is 5.75 Å². The van der Waals surface area contributed by atoms with Crippen molar-refractivity contribution in [2.45, 2.75) is 25.7 Å². The topological polar surface area (TPSA) is 156 Å². The van der Waals surface area contributed by atoms with Crippen molar-refractivity contribution < 1.29 is 23.9 Å². The van der Waals surface area contributed by atoms with Crippen LogP contribution < -0.4 is 31.3 Å². The Kier molecular flexibility index (Phi) is 9.12. The third kappa shape index (κ3) is 7.13. The van der Waals surface area contributed by atoms with Gasteiger partial charge < -0.3 is 36.1 Å². The highest BCUT2D eigenvalue weighted by atomic mass is 16.5. The summed E-state index contributed by atoms with van der Waals surface area (Å²) in [5, 5.41) is 22.8. The molecule has 0 radical (unpaired) electrons. The lowest BCUT2D eigenvalue weighted by Gasteiger charge is -2.22. The average Bonchev–Trinajstić information content (AvgIpc) is 3.87. The third-order valence-electron chi connectivity index (χ3n) is 7.25. The van der Waals surface area contributed by atoms with E-state index in [0.717, 1.165) is 51.1 Å². The van der Waals surface area contributed by atoms with E-state index in [0.29, 0.717) is 17.3 Å². The first kappa shape index (κ1) is 28.8. The number of hydrogen-bond acceptors (Lipinski definition) is 9. The summed E-state index contributed by atoms with van der Waals surface area (Å²) in [6, 6.07) is 14.1. The Bertz CT molecular complexity index is 1440. The molecule has 3 amide bonds. The lowest BCUT2D eigenvalue weighted by atomic mass is 10.0. The van der Waals surface area contributed by atoms with Crippen LogP contribution in [0.15, 0.2) is 48.5 Å². The fourth-order valence-corrected chi connectivity index (χ4v) is 4.67. The van der Waals surface area contributed by atoms with Gasteiger partial charge in [0.25, 0.3) is 11.8 Å². The molecular formula is C30H35N7O5. The Morgan fingerprint density at radius 1 is 0.905 bits per heavy atom. The van der Waals surface area contributed by atoms with Crippen molar-refractivity contribution in [3.05, 3.63) is 59.8 Å². The highest BCUT2D eigenvalue weighted by Gasteiger charge is 2.30. The summed E-state index contributed by atoms with van der Waals surface area (Å²) in [5.41, 5.74) is 2.63. The van der Waals surface area contributed by atoms with Crippen molar-refractivity contribution in [1.29, 1.82) is 0 Å². The Morgan fingerprint density at radius 3 is 2.33 bits per heavy atom. The minimum atomic E-state index is -0.469. The van der Waals surface area contributed by atoms with Gasteiger partial charge in [-0.1, -0.05) is 6.07 Å². The zero-order chi connectivity index (χ0) is 29.5. The fraction of sp³-hybridized carbons (Fsp3) is 0.367. The van der Waals surface area contributed by atoms with Crippen molar-refractivity contribution >= 4 is 46.3 Å². The summed E-state index contributed by atoms with van der Waals surface area (Å²) >= 11 is 0. The molecule has 12 heteroatoms. The average molecular weight is 574 g/mol. The number of aromatic nitrogens is 2. The second-order valence-corrected chi connectivity index (χ2v) is 10.3. The number of rotatable bonds is 11. The first-order chi connectivity index (χ1) is 20.4. The zero-order valence-electron chi connectivity index (χ0n) is 23.7. The number of hydrogen-bond donors (Lipinski definition) is 5. The Labute approximate surface area is 244 Å². The molecular weight excluding hydrogens is 538 g/mol. The van der Waals surface area contributed by atoms with Gasteiger partial charge in [-0.3, -0.25) is 14.4 Å². The highest BCUT2D eigenvalue weighted by Crippen LogP contribution is 2.34. The number of para-hydroxylation sites is 1. The molecule has 42 heavy (non-hydrogen) atoms. The molecule has 2 aromatic carbocycles. The van der Waals surface area contributed by atoms with E-state index in [4.69, 9.17) is 9.47 Å². The van der Waals surface area contributed by atoms with Crippen LogP contribution in [-0.4, -0.2) is 61.8 Å². The van der Waals surface area contributed by atoms with Gasteiger partial charge in [0.15, 0.2) is 17.3 Å². The first-order valence-electron chi connectivity index (χ1n) is 14.0. The van der Waals surface area contributed by atoms with Gasteiger partial charge in [-0.05, 0) is 68.0 Å². The van der Waals surface area contributed by atoms with E-state index in [1.807, 2.05) is 24.3 Å². The van der Waals surface area contributed by atoms with Gasteiger partial charge in [-0.15, -0.1) is 10.2 Å². The van der Waals surface area contributed by atoms with Gasteiger partial charge in [0.1, 0.15) is 0 Å². The van der Waals surface area contributed by atoms with Gasteiger partial charge in [-0.25, -0.2) is 0 Å². The second-order valence-electron chi connectivity index (χ2n) is 10.3. The number of amides is 3. The molecule has 0 atom stereocenters. The molecule has 5 rings (SSSR count). The summed E-state index contributed by atoms with van der Waals surface area (Å²) in [4.78, 5) is 38.1. The van der Waals surface area contributed by atoms with Crippen molar-refractivity contribution in [2.24, 2.45) is 11.8 Å². The maximum atomic E-state index is 13.3. The summed E-state index contributed by atoms with van der Waals surface area (Å²) in [6.45, 7) is 2.51. The molecule has 2 fully saturated rings. The molecule has 12 nitrogen and oxygen atoms in total. The smallest absolute Gasteiger partial charge is 0.273 e. The van der Waals surface area contributed by atoms with Crippen molar-refractivity contribution in [3.8, 4) is 5.75 Å². The molecule has 2 heterocycles. The number of anilines is 5. The normalized spacial score (nSPS) is 14.9. The standard InChI is InChI=1S/C30H35N7O5/c1-31-30(40)26-24(16-25(36-37-26)35-28(38)19-6-7-19)34-23-5-3-4-22(27(23)41-2)29(39)33-21-10-8-20(9-11-21)32-17-18-12-14-42-15-13-18/h3-5,8-11,16,18-19,32H,6-7,12-15,17H2,1-2H3,(H,31,40)(H,33,39)(H2,34,35,36,38). The maximum absolute atomic E-state index is 13.3. The minimum Gasteiger partial charge on any atom is -0.494 e. The van der Waals surface area contributed by atoms with E-state index in [2.05, 4.69) is 36.8 Å². The van der Waals surface area contributed by atoms with E-state index in [-0.39, 0.29) is 46.2 Å². The monoisotopic (exact) mass is 573 g/mol. The van der Waals surface area contributed by atoms with Crippen molar-refractivity contribution in [1.82, 2.24) is 15.5 Å². The number of carbonyl (C=O) groups is 3. The lowest BCUT2D eigenvalue weighted by molar-refractivity contribution is -0.117. The predicted octanol–water partition coefficient (Wildman–Crippen LogP) is 4.03. The molecule has 220 valence electrons. The van der Waals surface area contributed by atoms with Gasteiger partial charge in [0, 0.05) is 50.2 Å². The van der Waals surface area contributed by atoms with Crippen LogP contribution in [0.2, 0.25) is 0 Å². The van der Waals surface area contributed by atoms with E-state index in [1.165, 1.54) is 20.2 Å². The summed E-state index contributed by atoms with van der Waals surface area (Å²) < 4.78 is 11.1. The minimum absolute atomic E-state index is 0.0179. The van der Waals surface area contributed by atoms with Crippen LogP contribution in [0, 0.1) is 11.8 Å². The van der Waals surface area contributed by atoms with Crippen LogP contribution in [0.4, 0.5) is 28.6 Å². The molecule has 0 spiro atoms. The van der Waals surface area contributed by atoms with Crippen LogP contribution in [0.25, 0.3) is 0 Å². The number of nitrogens with one attached hydrogen (secondary N) is 5. The van der Waals surface area contributed by atoms with Gasteiger partial charge in [-0.2, -0.15) is 0 Å². The Morgan fingerprint density at radius 2 is 1.64 bits per heavy atom. The summed E-state index contributed by atoms with van der Waals surface area (Å²) in [7, 11) is 2.94. The number of ether oxygens (including phenoxy) is 2. The van der Waals surface area contributed by atoms with E-state index in [1.54, 1.807) is 18.2 Å². The SMILES string of the molecule is CNC(=O)c1nnc(NC(=O)C2CC2)cc1Nc1cccc(C(=O)Nc2ccc(NCC3CCOCC3)cc2)c1OC. The van der Waals surface area contributed by atoms with Crippen LogP contribution in [-0.2, 0) is 9.53 Å². The molecule has 5 N–H and O–H groups in total. The van der Waals surface area contributed by atoms with Crippen LogP contribution >= 0.6 is 0 Å². The maximum Gasteiger partial charge on any atom is 0.273 e. The van der Waals surface area contributed by atoms with Crippen LogP contribution in [0.1, 0.15) is 46.5 Å². The Balaban J connectivity index is 1.30. The summed E-state index contributed by atoms with van der Waals surface area (Å²) in [5.74, 6) is 0.0753. The van der Waals surface area contributed by atoms with Gasteiger partial charge in [0.05, 0.1) is 24.0 Å². The molecule has 2 aliphatic rings. The number of benzene rings is 2. The third-order valence-corrected chi connectivity index (χ3v) is 7.25. The predicted molar refractivity (Wildman–Crippen MR) is 159 cm³/mol. The van der Waals surface area contributed by atoms with Crippen LogP contribution in [0.3, 0.4) is 0 Å². The van der Waals surface area contributed by atoms with Gasteiger partial charge in [0.2, 0.25) is 5.91 Å². The van der Waals surface area contributed by atoms with E-state index >= 15 is 0 Å². The quantitative estimate of drug-likeness (QED) is 0.229. The summed E-state index contributed by atoms with van der Waals surface area (Å²) in [6.07, 6.45) is 3.79. The second kappa shape index (κ2) is 13.3. The molecule has 1 aromatic heterocycles. The fourth-order valence-electron chi connectivity index (χ4n) is 4.67. The largest absolute Gasteiger partial charge is 0.494 e. The molecule has 0 bridgehead atoms. The van der Waals surface area contributed by atoms with E-state index in [9.17, 15) is 14.4 Å². The van der Waals surface area contributed by atoms with Crippen molar-refractivity contribution in [3.63, 3.8) is 0 Å². The molecule has 1 saturated heterocycles. The lowest BCUT2D eigenvalue weighted by Crippen LogP contribution is -2.22. The Hall–Kier alpha value is -4.71. The molecule has 3 aromatic rings. The first-order valence-corrected chi connectivity index (χ1v) is 14.0. The molecule has 1 saturated carbocycles. The number of carbonyl (C=O) groups excluding carboxylic acids is 3. The molecule has 0 unspecified atom stereocenters. The molecule has 1 aliphatic carbocycles. The van der Waals surface area contributed by atoms with E-state index < -0.39 is 5.91 Å². The number of nitrogens with zero attached hydrogens (tertiary/aromatic N) is 2. The van der Waals surface area contributed by atoms with Gasteiger partial charge >= 0.3 is 0 Å². The van der Waals surface area contributed by atoms with Crippen molar-refractivity contribution in [2.75, 3.05) is 55.2 Å². The molecule has 1 aliphatic heterocycles.